The van der Waals surface area contributed by atoms with Gasteiger partial charge in [0.2, 0.25) is 8.41 Å². The van der Waals surface area contributed by atoms with Gasteiger partial charge >= 0.3 is 6.09 Å². The van der Waals surface area contributed by atoms with Crippen LogP contribution in [0.25, 0.3) is 0 Å². The number of anilines is 3. The Morgan fingerprint density at radius 3 is 2.43 bits per heavy atom. The summed E-state index contributed by atoms with van der Waals surface area (Å²) < 4.78 is 30.2. The Balaban J connectivity index is 1.24. The molecule has 5 atom stereocenters. The van der Waals surface area contributed by atoms with Crippen molar-refractivity contribution in [3.63, 3.8) is 0 Å². The van der Waals surface area contributed by atoms with Crippen LogP contribution in [-0.2, 0) is 26.4 Å². The Kier molecular flexibility index (Phi) is 7.97. The number of aryl methyl sites for hydroxylation is 1. The molecule has 1 unspecified atom stereocenters. The van der Waals surface area contributed by atoms with Crippen LogP contribution in [0, 0.1) is 5.92 Å². The summed E-state index contributed by atoms with van der Waals surface area (Å²) in [7, 11) is -3.41. The van der Waals surface area contributed by atoms with E-state index < -0.39 is 37.7 Å². The van der Waals surface area contributed by atoms with Gasteiger partial charge in [0.05, 0.1) is 36.6 Å². The summed E-state index contributed by atoms with van der Waals surface area (Å²) in [5.74, 6) is -1.09. The van der Waals surface area contributed by atoms with Crippen LogP contribution in [-0.4, -0.2) is 66.4 Å². The third-order valence-electron chi connectivity index (χ3n) is 9.88. The van der Waals surface area contributed by atoms with Gasteiger partial charge in [-0.3, -0.25) is 19.3 Å². The molecular weight excluding hydrogens is 617 g/mol. The lowest BCUT2D eigenvalue weighted by Crippen LogP contribution is -2.44. The van der Waals surface area contributed by atoms with Crippen molar-refractivity contribution in [1.82, 2.24) is 15.0 Å². The molecule has 1 N–H and O–H groups in total. The Hall–Kier alpha value is -4.39. The number of carbonyl (C=O) groups is 2. The fraction of sp³-hybridized carbons (Fsp3) is 0.371. The first-order valence-corrected chi connectivity index (χ1v) is 19.0. The minimum atomic E-state index is -3.41. The molecule has 2 amide bonds. The zero-order valence-corrected chi connectivity index (χ0v) is 27.6. The number of aliphatic hydroxyl groups excluding tert-OH is 1. The molecule has 47 heavy (non-hydrogen) atoms. The molecule has 12 heteroatoms. The van der Waals surface area contributed by atoms with Gasteiger partial charge in [-0.1, -0.05) is 60.7 Å². The number of cyclic esters (lactones) is 1. The van der Waals surface area contributed by atoms with Gasteiger partial charge in [-0.15, -0.1) is 5.10 Å². The predicted molar refractivity (Wildman–Crippen MR) is 177 cm³/mol. The number of aromatic nitrogens is 3. The van der Waals surface area contributed by atoms with Gasteiger partial charge in [0.25, 0.3) is 5.91 Å². The molecule has 3 aliphatic heterocycles. The summed E-state index contributed by atoms with van der Waals surface area (Å²) in [5.41, 5.74) is 2.17. The molecule has 0 radical (unpaired) electrons. The van der Waals surface area contributed by atoms with Crippen molar-refractivity contribution in [2.45, 2.75) is 56.1 Å². The molecule has 4 heterocycles. The molecule has 244 valence electrons. The minimum Gasteiger partial charge on any atom is -0.447 e. The van der Waals surface area contributed by atoms with Gasteiger partial charge in [0.1, 0.15) is 6.61 Å². The summed E-state index contributed by atoms with van der Waals surface area (Å²) in [6.07, 6.45) is 1.18. The number of nitrogens with zero attached hydrogens (tertiary/aromatic N) is 5. The summed E-state index contributed by atoms with van der Waals surface area (Å²) in [6, 6.07) is 24.5. The van der Waals surface area contributed by atoms with Crippen molar-refractivity contribution in [2.75, 3.05) is 29.6 Å². The average Bonchev–Trinajstić information content (AvgIpc) is 3.83. The van der Waals surface area contributed by atoms with E-state index in [0.29, 0.717) is 47.8 Å². The second-order valence-electron chi connectivity index (χ2n) is 13.1. The summed E-state index contributed by atoms with van der Waals surface area (Å²) in [6.45, 7) is 6.22. The second-order valence-corrected chi connectivity index (χ2v) is 16.9. The van der Waals surface area contributed by atoms with Gasteiger partial charge in [-0.05, 0) is 55.4 Å². The van der Waals surface area contributed by atoms with E-state index in [4.69, 9.17) is 9.47 Å². The van der Waals surface area contributed by atoms with Crippen LogP contribution in [0.15, 0.2) is 85.1 Å². The van der Waals surface area contributed by atoms with E-state index in [1.807, 2.05) is 92.0 Å². The van der Waals surface area contributed by atoms with Crippen LogP contribution in [0.4, 0.5) is 26.0 Å². The van der Waals surface area contributed by atoms with Gasteiger partial charge in [-0.25, -0.2) is 4.79 Å². The molecule has 7 rings (SSSR count). The number of benzene rings is 3. The van der Waals surface area contributed by atoms with Crippen molar-refractivity contribution in [1.29, 1.82) is 0 Å². The molecule has 1 aromatic heterocycles. The predicted octanol–water partition coefficient (Wildman–Crippen LogP) is 5.90. The van der Waals surface area contributed by atoms with Crippen LogP contribution in [0.3, 0.4) is 0 Å². The molecule has 4 aromatic rings. The van der Waals surface area contributed by atoms with Crippen LogP contribution < -0.4 is 9.80 Å². The van der Waals surface area contributed by atoms with Gasteiger partial charge in [0, 0.05) is 41.1 Å². The maximum Gasteiger partial charge on any atom is 0.414 e. The van der Waals surface area contributed by atoms with Crippen LogP contribution in [0.2, 0.25) is 18.6 Å². The molecule has 0 saturated carbocycles. The van der Waals surface area contributed by atoms with Crippen molar-refractivity contribution in [3.8, 4) is 0 Å². The van der Waals surface area contributed by atoms with Gasteiger partial charge in [0.15, 0.2) is 5.60 Å². The van der Waals surface area contributed by atoms with E-state index in [1.165, 1.54) is 0 Å². The molecule has 2 fully saturated rings. The van der Waals surface area contributed by atoms with E-state index in [1.54, 1.807) is 27.6 Å². The van der Waals surface area contributed by atoms with E-state index in [0.717, 1.165) is 5.56 Å². The van der Waals surface area contributed by atoms with E-state index in [-0.39, 0.29) is 25.0 Å². The van der Waals surface area contributed by atoms with E-state index in [2.05, 4.69) is 10.3 Å². The standard InChI is InChI=1S/C35H38FN5O5Si/c1-23-32(47(2,3)36)31(16-17-39-21-29(37-38-39)27(22-42)24-10-6-4-7-11-24)46-35(23)28-20-26(40-18-19-45-34(40)44)14-15-30(28)41(33(35)43)25-12-8-5-9-13-25/h4-15,20-21,23,27,31-32,42H,16-19,22H2,1-3H3/t23-,27?,31+,32-,35+/m0/s1. The van der Waals surface area contributed by atoms with Crippen molar-refractivity contribution >= 4 is 37.5 Å². The average molecular weight is 656 g/mol. The lowest BCUT2D eigenvalue weighted by atomic mass is 9.82. The zero-order chi connectivity index (χ0) is 32.9. The maximum atomic E-state index is 16.4. The Bertz CT molecular complexity index is 1780. The Morgan fingerprint density at radius 1 is 1.04 bits per heavy atom. The topological polar surface area (TPSA) is 110 Å². The lowest BCUT2D eigenvalue weighted by Gasteiger charge is -2.31. The number of halogens is 1. The van der Waals surface area contributed by atoms with Gasteiger partial charge in [-0.2, -0.15) is 0 Å². The van der Waals surface area contributed by atoms with Crippen LogP contribution in [0.5, 0.6) is 0 Å². The first kappa shape index (κ1) is 31.2. The van der Waals surface area contributed by atoms with Crippen molar-refractivity contribution in [3.05, 3.63) is 102 Å². The highest BCUT2D eigenvalue weighted by atomic mass is 28.4. The summed E-state index contributed by atoms with van der Waals surface area (Å²) in [5, 5.41) is 18.8. The number of hydrogen-bond acceptors (Lipinski definition) is 7. The summed E-state index contributed by atoms with van der Waals surface area (Å²) in [4.78, 5) is 30.5. The maximum absolute atomic E-state index is 16.4. The highest BCUT2D eigenvalue weighted by Gasteiger charge is 2.67. The Morgan fingerprint density at radius 2 is 1.77 bits per heavy atom. The molecule has 1 spiro atoms. The molecule has 0 bridgehead atoms. The smallest absolute Gasteiger partial charge is 0.414 e. The number of rotatable bonds is 9. The number of carbonyl (C=O) groups excluding carboxylic acids is 2. The molecule has 10 nitrogen and oxygen atoms in total. The monoisotopic (exact) mass is 655 g/mol. The van der Waals surface area contributed by atoms with E-state index in [9.17, 15) is 14.7 Å². The van der Waals surface area contributed by atoms with Crippen LogP contribution >= 0.6 is 0 Å². The number of aliphatic hydroxyl groups is 1. The molecule has 0 aliphatic carbocycles. The number of hydrogen-bond donors (Lipinski definition) is 1. The third kappa shape index (κ3) is 5.24. The third-order valence-corrected chi connectivity index (χ3v) is 12.3. The number of para-hydroxylation sites is 1. The zero-order valence-electron chi connectivity index (χ0n) is 26.6. The molecule has 3 aromatic carbocycles. The lowest BCUT2D eigenvalue weighted by molar-refractivity contribution is -0.145. The molecular formula is C35H38FN5O5Si. The molecule has 2 saturated heterocycles. The fourth-order valence-electron chi connectivity index (χ4n) is 7.76. The van der Waals surface area contributed by atoms with Crippen LogP contribution in [0.1, 0.15) is 36.1 Å². The Labute approximate surface area is 273 Å². The van der Waals surface area contributed by atoms with Gasteiger partial charge < -0.3 is 18.7 Å². The highest BCUT2D eigenvalue weighted by Crippen LogP contribution is 2.61. The molecule has 3 aliphatic rings. The van der Waals surface area contributed by atoms with Crippen molar-refractivity contribution in [2.24, 2.45) is 5.92 Å². The normalized spacial score (nSPS) is 24.7. The second kappa shape index (κ2) is 12.0. The number of ether oxygens (including phenoxy) is 2. The highest BCUT2D eigenvalue weighted by molar-refractivity contribution is 6.72. The summed E-state index contributed by atoms with van der Waals surface area (Å²) >= 11 is 0. The SMILES string of the molecule is C[C@H]1[C@H]([Si](C)(C)F)[C@@H](CCn2cc(C(CO)c3ccccc3)nn2)O[C@]12C(=O)N(c1ccccc1)c1ccc(N3CCOC3=O)cc12. The van der Waals surface area contributed by atoms with E-state index >= 15 is 4.11 Å². The van der Waals surface area contributed by atoms with Crippen molar-refractivity contribution < 1.29 is 28.3 Å². The largest absolute Gasteiger partial charge is 0.447 e. The fourth-order valence-corrected chi connectivity index (χ4v) is 10.3. The quantitative estimate of drug-likeness (QED) is 0.177. The number of amides is 2. The first-order chi connectivity index (χ1) is 22.6. The minimum absolute atomic E-state index is 0.116. The first-order valence-electron chi connectivity index (χ1n) is 16.0. The number of fused-ring (bicyclic) bond motifs is 2.